The van der Waals surface area contributed by atoms with E-state index < -0.39 is 21.6 Å². The molecule has 9 heteroatoms. The van der Waals surface area contributed by atoms with Gasteiger partial charge >= 0.3 is 5.97 Å². The summed E-state index contributed by atoms with van der Waals surface area (Å²) in [6, 6.07) is 12.6. The lowest BCUT2D eigenvalue weighted by Crippen LogP contribution is -2.23. The monoisotopic (exact) mass is 401 g/mol. The van der Waals surface area contributed by atoms with Crippen LogP contribution in [0.3, 0.4) is 0 Å². The third-order valence-corrected chi connectivity index (χ3v) is 5.89. The Morgan fingerprint density at radius 3 is 2.32 bits per heavy atom. The molecule has 2 aromatic carbocycles. The molecule has 0 aliphatic rings. The van der Waals surface area contributed by atoms with E-state index in [-0.39, 0.29) is 16.1 Å². The predicted molar refractivity (Wildman–Crippen MR) is 105 cm³/mol. The van der Waals surface area contributed by atoms with E-state index in [9.17, 15) is 23.1 Å². The van der Waals surface area contributed by atoms with Gasteiger partial charge in [0.25, 0.3) is 15.6 Å². The molecule has 0 radical (unpaired) electrons. The van der Waals surface area contributed by atoms with Gasteiger partial charge in [-0.1, -0.05) is 24.3 Å². The number of nitrogens with one attached hydrogen (secondary N) is 1. The van der Waals surface area contributed by atoms with Crippen molar-refractivity contribution in [3.8, 4) is 5.69 Å². The van der Waals surface area contributed by atoms with Crippen molar-refractivity contribution in [2.24, 2.45) is 7.05 Å². The number of aromatic nitrogens is 2. The number of benzene rings is 2. The van der Waals surface area contributed by atoms with Crippen LogP contribution < -0.4 is 10.3 Å². The molecule has 0 atom stereocenters. The molecule has 0 amide bonds. The molecule has 0 saturated carbocycles. The number of hydrogen-bond acceptors (Lipinski definition) is 4. The average Bonchev–Trinajstić information content (AvgIpc) is 2.85. The third kappa shape index (κ3) is 3.31. The molecule has 0 aliphatic heterocycles. The summed E-state index contributed by atoms with van der Waals surface area (Å²) in [6.45, 7) is 3.20. The number of anilines is 1. The summed E-state index contributed by atoms with van der Waals surface area (Å²) in [5.41, 5.74) is 0.710. The van der Waals surface area contributed by atoms with Crippen LogP contribution in [0.15, 0.2) is 58.2 Å². The summed E-state index contributed by atoms with van der Waals surface area (Å²) < 4.78 is 30.8. The smallest absolute Gasteiger partial charge is 0.335 e. The normalized spacial score (nSPS) is 11.4. The second-order valence-corrected chi connectivity index (χ2v) is 8.01. The number of rotatable bonds is 5. The first-order valence-electron chi connectivity index (χ1n) is 8.34. The largest absolute Gasteiger partial charge is 0.478 e. The molecule has 0 spiro atoms. The SMILES string of the molecule is Cc1ccc(S(=O)(=O)Nc2c(C)n(C)n(-c3ccccc3)c2=O)cc1C(=O)O. The summed E-state index contributed by atoms with van der Waals surface area (Å²) in [5, 5.41) is 9.23. The molecule has 28 heavy (non-hydrogen) atoms. The van der Waals surface area contributed by atoms with Crippen molar-refractivity contribution in [3.05, 3.63) is 75.7 Å². The zero-order valence-corrected chi connectivity index (χ0v) is 16.3. The third-order valence-electron chi connectivity index (χ3n) is 4.54. The maximum absolute atomic E-state index is 12.9. The molecular weight excluding hydrogens is 382 g/mol. The zero-order chi connectivity index (χ0) is 20.6. The molecular formula is C19H19N3O5S. The van der Waals surface area contributed by atoms with E-state index in [0.717, 1.165) is 6.07 Å². The Bertz CT molecular complexity index is 1220. The van der Waals surface area contributed by atoms with E-state index in [0.29, 0.717) is 16.9 Å². The van der Waals surface area contributed by atoms with Crippen LogP contribution in [-0.4, -0.2) is 28.9 Å². The molecule has 0 aliphatic carbocycles. The van der Waals surface area contributed by atoms with Gasteiger partial charge in [0.1, 0.15) is 5.69 Å². The fraction of sp³-hybridized carbons (Fsp3) is 0.158. The van der Waals surface area contributed by atoms with Gasteiger partial charge in [-0.05, 0) is 43.7 Å². The van der Waals surface area contributed by atoms with Crippen LogP contribution in [0.5, 0.6) is 0 Å². The number of aryl methyl sites for hydroxylation is 1. The molecule has 1 aromatic heterocycles. The molecule has 3 rings (SSSR count). The Kier molecular flexibility index (Phi) is 4.86. The zero-order valence-electron chi connectivity index (χ0n) is 15.5. The maximum Gasteiger partial charge on any atom is 0.335 e. The van der Waals surface area contributed by atoms with Crippen molar-refractivity contribution in [1.29, 1.82) is 0 Å². The number of nitrogens with zero attached hydrogens (tertiary/aromatic N) is 2. The molecule has 0 unspecified atom stereocenters. The number of para-hydroxylation sites is 1. The van der Waals surface area contributed by atoms with E-state index in [2.05, 4.69) is 4.72 Å². The molecule has 146 valence electrons. The van der Waals surface area contributed by atoms with E-state index in [1.807, 2.05) is 6.07 Å². The number of aromatic carboxylic acids is 1. The van der Waals surface area contributed by atoms with Crippen LogP contribution in [0, 0.1) is 13.8 Å². The van der Waals surface area contributed by atoms with Crippen molar-refractivity contribution in [2.45, 2.75) is 18.7 Å². The number of sulfonamides is 1. The average molecular weight is 401 g/mol. The van der Waals surface area contributed by atoms with Crippen LogP contribution in [0.25, 0.3) is 5.69 Å². The van der Waals surface area contributed by atoms with Gasteiger partial charge < -0.3 is 5.11 Å². The summed E-state index contributed by atoms with van der Waals surface area (Å²) >= 11 is 0. The van der Waals surface area contributed by atoms with Crippen molar-refractivity contribution in [2.75, 3.05) is 4.72 Å². The van der Waals surface area contributed by atoms with Crippen LogP contribution >= 0.6 is 0 Å². The van der Waals surface area contributed by atoms with Crippen LogP contribution in [0.1, 0.15) is 21.6 Å². The highest BCUT2D eigenvalue weighted by molar-refractivity contribution is 7.92. The predicted octanol–water partition coefficient (Wildman–Crippen LogP) is 2.29. The van der Waals surface area contributed by atoms with Crippen LogP contribution in [0.2, 0.25) is 0 Å². The Hall–Kier alpha value is -3.33. The topological polar surface area (TPSA) is 110 Å². The van der Waals surface area contributed by atoms with E-state index >= 15 is 0 Å². The highest BCUT2D eigenvalue weighted by Gasteiger charge is 2.23. The number of carboxylic acid groups (broad SMARTS) is 1. The van der Waals surface area contributed by atoms with Crippen LogP contribution in [-0.2, 0) is 17.1 Å². The quantitative estimate of drug-likeness (QED) is 0.682. The second kappa shape index (κ2) is 7.01. The summed E-state index contributed by atoms with van der Waals surface area (Å²) in [7, 11) is -2.51. The highest BCUT2D eigenvalue weighted by Crippen LogP contribution is 2.21. The molecule has 0 bridgehead atoms. The lowest BCUT2D eigenvalue weighted by Gasteiger charge is -2.09. The second-order valence-electron chi connectivity index (χ2n) is 6.32. The fourth-order valence-electron chi connectivity index (χ4n) is 2.88. The molecule has 0 fully saturated rings. The van der Waals surface area contributed by atoms with Gasteiger partial charge in [0, 0.05) is 7.05 Å². The maximum atomic E-state index is 12.9. The van der Waals surface area contributed by atoms with Gasteiger partial charge in [0.2, 0.25) is 0 Å². The molecule has 2 N–H and O–H groups in total. The summed E-state index contributed by atoms with van der Waals surface area (Å²) in [5.74, 6) is -1.23. The summed E-state index contributed by atoms with van der Waals surface area (Å²) in [4.78, 5) is 23.9. The number of carboxylic acids is 1. The Morgan fingerprint density at radius 2 is 1.71 bits per heavy atom. The van der Waals surface area contributed by atoms with Gasteiger partial charge in [0.15, 0.2) is 0 Å². The standard InChI is InChI=1S/C19H19N3O5S/c1-12-9-10-15(11-16(12)19(24)25)28(26,27)20-17-13(2)21(3)22(18(17)23)14-7-5-4-6-8-14/h4-11,20H,1-3H3,(H,24,25). The highest BCUT2D eigenvalue weighted by atomic mass is 32.2. The van der Waals surface area contributed by atoms with Gasteiger partial charge in [-0.2, -0.15) is 0 Å². The molecule has 1 heterocycles. The minimum Gasteiger partial charge on any atom is -0.478 e. The van der Waals surface area contributed by atoms with Crippen LogP contribution in [0.4, 0.5) is 5.69 Å². The Labute approximate surface area is 161 Å². The first-order valence-corrected chi connectivity index (χ1v) is 9.82. The fourth-order valence-corrected chi connectivity index (χ4v) is 4.02. The lowest BCUT2D eigenvalue weighted by molar-refractivity contribution is 0.0696. The van der Waals surface area contributed by atoms with E-state index in [1.54, 1.807) is 49.8 Å². The van der Waals surface area contributed by atoms with Crippen molar-refractivity contribution >= 4 is 21.7 Å². The van der Waals surface area contributed by atoms with Crippen molar-refractivity contribution < 1.29 is 18.3 Å². The van der Waals surface area contributed by atoms with Gasteiger partial charge in [-0.15, -0.1) is 0 Å². The van der Waals surface area contributed by atoms with E-state index in [4.69, 9.17) is 0 Å². The molecule has 8 nitrogen and oxygen atoms in total. The van der Waals surface area contributed by atoms with Gasteiger partial charge in [-0.25, -0.2) is 17.9 Å². The van der Waals surface area contributed by atoms with Gasteiger partial charge in [-0.3, -0.25) is 14.2 Å². The minimum absolute atomic E-state index is 0.0937. The Balaban J connectivity index is 2.09. The lowest BCUT2D eigenvalue weighted by atomic mass is 10.1. The Morgan fingerprint density at radius 1 is 1.07 bits per heavy atom. The molecule has 0 saturated heterocycles. The minimum atomic E-state index is -4.16. The number of carbonyl (C=O) groups is 1. The number of hydrogen-bond donors (Lipinski definition) is 2. The van der Waals surface area contributed by atoms with Gasteiger partial charge in [0.05, 0.1) is 21.8 Å². The first-order chi connectivity index (χ1) is 13.1. The van der Waals surface area contributed by atoms with E-state index in [1.165, 1.54) is 16.8 Å². The first kappa shape index (κ1) is 19.4. The summed E-state index contributed by atoms with van der Waals surface area (Å²) in [6.07, 6.45) is 0. The van der Waals surface area contributed by atoms with Crippen molar-refractivity contribution in [1.82, 2.24) is 9.36 Å². The van der Waals surface area contributed by atoms with Crippen molar-refractivity contribution in [3.63, 3.8) is 0 Å². The molecule has 3 aromatic rings.